The summed E-state index contributed by atoms with van der Waals surface area (Å²) in [6.07, 6.45) is 1.47. The minimum atomic E-state index is 0.302. The molecule has 0 aliphatic heterocycles. The van der Waals surface area contributed by atoms with E-state index in [9.17, 15) is 0 Å². The largest absolute Gasteiger partial charge is 0.230 e. The van der Waals surface area contributed by atoms with Gasteiger partial charge >= 0.3 is 0 Å². The predicted molar refractivity (Wildman–Crippen MR) is 44.8 cm³/mol. The summed E-state index contributed by atoms with van der Waals surface area (Å²) >= 11 is 13.0. The van der Waals surface area contributed by atoms with Crippen LogP contribution in [0.15, 0.2) is 6.20 Å². The van der Waals surface area contributed by atoms with E-state index >= 15 is 0 Å². The molecule has 0 saturated heterocycles. The van der Waals surface area contributed by atoms with Crippen molar-refractivity contribution in [2.45, 2.75) is 0 Å². The molecule has 0 amide bonds. The highest BCUT2D eigenvalue weighted by Crippen LogP contribution is 2.17. The first kappa shape index (κ1) is 7.50. The molecule has 0 aliphatic carbocycles. The zero-order valence-corrected chi connectivity index (χ0v) is 7.78. The summed E-state index contributed by atoms with van der Waals surface area (Å²) in [6, 6.07) is 0. The van der Waals surface area contributed by atoms with E-state index in [0.717, 1.165) is 0 Å². The van der Waals surface area contributed by atoms with Gasteiger partial charge in [-0.25, -0.2) is 9.97 Å². The SMILES string of the molecule is Clc1cnc(I)nc1Cl. The Balaban J connectivity index is 3.17. The fourth-order valence-electron chi connectivity index (χ4n) is 0.326. The van der Waals surface area contributed by atoms with E-state index in [1.807, 2.05) is 22.6 Å². The summed E-state index contributed by atoms with van der Waals surface area (Å²) in [4.78, 5) is 7.58. The molecule has 1 aromatic rings. The molecule has 0 aromatic carbocycles. The highest BCUT2D eigenvalue weighted by Gasteiger charge is 1.97. The molecule has 0 N–H and O–H groups in total. The van der Waals surface area contributed by atoms with E-state index in [1.165, 1.54) is 6.20 Å². The quantitative estimate of drug-likeness (QED) is 0.412. The van der Waals surface area contributed by atoms with Crippen LogP contribution in [-0.2, 0) is 0 Å². The number of rotatable bonds is 0. The average molecular weight is 275 g/mol. The van der Waals surface area contributed by atoms with E-state index in [4.69, 9.17) is 23.2 Å². The monoisotopic (exact) mass is 274 g/mol. The zero-order chi connectivity index (χ0) is 6.85. The molecule has 0 bridgehead atoms. The molecular weight excluding hydrogens is 274 g/mol. The zero-order valence-electron chi connectivity index (χ0n) is 4.11. The molecular formula is C4HCl2IN2. The van der Waals surface area contributed by atoms with Crippen molar-refractivity contribution in [2.75, 3.05) is 0 Å². The van der Waals surface area contributed by atoms with Crippen LogP contribution >= 0.6 is 45.8 Å². The van der Waals surface area contributed by atoms with Crippen molar-refractivity contribution >= 4 is 45.8 Å². The van der Waals surface area contributed by atoms with Gasteiger partial charge in [-0.15, -0.1) is 0 Å². The second kappa shape index (κ2) is 2.98. The van der Waals surface area contributed by atoms with E-state index in [0.29, 0.717) is 14.0 Å². The molecule has 2 nitrogen and oxygen atoms in total. The molecule has 0 unspecified atom stereocenters. The van der Waals surface area contributed by atoms with Gasteiger partial charge < -0.3 is 0 Å². The van der Waals surface area contributed by atoms with Gasteiger partial charge in [0, 0.05) is 22.6 Å². The van der Waals surface area contributed by atoms with Crippen molar-refractivity contribution in [1.29, 1.82) is 0 Å². The average Bonchev–Trinajstić information content (AvgIpc) is 1.80. The summed E-state index contributed by atoms with van der Waals surface area (Å²) in [5.41, 5.74) is 0. The van der Waals surface area contributed by atoms with Crippen molar-refractivity contribution in [2.24, 2.45) is 0 Å². The number of hydrogen-bond acceptors (Lipinski definition) is 2. The van der Waals surface area contributed by atoms with Gasteiger partial charge in [-0.2, -0.15) is 0 Å². The smallest absolute Gasteiger partial charge is 0.192 e. The van der Waals surface area contributed by atoms with Crippen LogP contribution in [0, 0.1) is 3.83 Å². The summed E-state index contributed by atoms with van der Waals surface area (Å²) in [6.45, 7) is 0. The van der Waals surface area contributed by atoms with Crippen molar-refractivity contribution in [3.8, 4) is 0 Å². The van der Waals surface area contributed by atoms with E-state index in [-0.39, 0.29) is 0 Å². The molecule has 0 fully saturated rings. The molecule has 9 heavy (non-hydrogen) atoms. The molecule has 0 saturated carbocycles. The number of nitrogens with zero attached hydrogens (tertiary/aromatic N) is 2. The Morgan fingerprint density at radius 1 is 1.44 bits per heavy atom. The molecule has 0 spiro atoms. The molecule has 0 radical (unpaired) electrons. The second-order valence-electron chi connectivity index (χ2n) is 1.28. The number of aromatic nitrogens is 2. The van der Waals surface area contributed by atoms with Gasteiger partial charge in [-0.1, -0.05) is 23.2 Å². The third-order valence-electron chi connectivity index (χ3n) is 0.672. The Bertz CT molecular complexity index is 228. The lowest BCUT2D eigenvalue weighted by Gasteiger charge is -1.91. The van der Waals surface area contributed by atoms with Gasteiger partial charge in [0.2, 0.25) is 0 Å². The third-order valence-corrected chi connectivity index (χ3v) is 1.85. The van der Waals surface area contributed by atoms with Crippen molar-refractivity contribution in [3.63, 3.8) is 0 Å². The van der Waals surface area contributed by atoms with Crippen LogP contribution in [0.4, 0.5) is 0 Å². The van der Waals surface area contributed by atoms with Gasteiger partial charge in [-0.05, 0) is 0 Å². The summed E-state index contributed by atoms with van der Waals surface area (Å²) in [7, 11) is 0. The maximum Gasteiger partial charge on any atom is 0.192 e. The summed E-state index contributed by atoms with van der Waals surface area (Å²) in [5, 5.41) is 0.688. The van der Waals surface area contributed by atoms with Crippen LogP contribution in [0.25, 0.3) is 0 Å². The Morgan fingerprint density at radius 3 is 2.56 bits per heavy atom. The Hall–Kier alpha value is 0.390. The van der Waals surface area contributed by atoms with Gasteiger partial charge in [0.1, 0.15) is 0 Å². The van der Waals surface area contributed by atoms with Crippen LogP contribution in [-0.4, -0.2) is 9.97 Å². The normalized spacial score (nSPS) is 9.67. The molecule has 0 aliphatic rings. The third kappa shape index (κ3) is 1.91. The number of hydrogen-bond donors (Lipinski definition) is 0. The van der Waals surface area contributed by atoms with Crippen molar-refractivity contribution < 1.29 is 0 Å². The maximum absolute atomic E-state index is 5.53. The van der Waals surface area contributed by atoms with Crippen molar-refractivity contribution in [1.82, 2.24) is 9.97 Å². The van der Waals surface area contributed by atoms with Gasteiger partial charge in [0.15, 0.2) is 8.98 Å². The lowest BCUT2D eigenvalue weighted by molar-refractivity contribution is 1.11. The highest BCUT2D eigenvalue weighted by atomic mass is 127. The van der Waals surface area contributed by atoms with Crippen LogP contribution in [0.5, 0.6) is 0 Å². The molecule has 1 aromatic heterocycles. The van der Waals surface area contributed by atoms with E-state index in [1.54, 1.807) is 0 Å². The summed E-state index contributed by atoms with van der Waals surface area (Å²) < 4.78 is 0.599. The molecule has 1 rings (SSSR count). The second-order valence-corrected chi connectivity index (χ2v) is 3.01. The minimum absolute atomic E-state index is 0.302. The van der Waals surface area contributed by atoms with Crippen LogP contribution in [0.2, 0.25) is 10.2 Å². The lowest BCUT2D eigenvalue weighted by Crippen LogP contribution is -1.85. The Kier molecular flexibility index (Phi) is 2.49. The van der Waals surface area contributed by atoms with E-state index in [2.05, 4.69) is 9.97 Å². The van der Waals surface area contributed by atoms with Crippen LogP contribution < -0.4 is 0 Å². The molecule has 48 valence electrons. The number of halogens is 3. The standard InChI is InChI=1S/C4HCl2IN2/c5-2-1-8-4(7)9-3(2)6/h1H. The first-order chi connectivity index (χ1) is 4.20. The first-order valence-electron chi connectivity index (χ1n) is 2.03. The first-order valence-corrected chi connectivity index (χ1v) is 3.87. The summed E-state index contributed by atoms with van der Waals surface area (Å²) in [5.74, 6) is 0. The fraction of sp³-hybridized carbons (Fsp3) is 0. The van der Waals surface area contributed by atoms with E-state index < -0.39 is 0 Å². The lowest BCUT2D eigenvalue weighted by atomic mass is 10.7. The molecule has 1 heterocycles. The van der Waals surface area contributed by atoms with Crippen LogP contribution in [0.3, 0.4) is 0 Å². The molecule has 0 atom stereocenters. The topological polar surface area (TPSA) is 25.8 Å². The van der Waals surface area contributed by atoms with Crippen molar-refractivity contribution in [3.05, 3.63) is 20.2 Å². The fourth-order valence-corrected chi connectivity index (χ4v) is 1.07. The maximum atomic E-state index is 5.53. The Morgan fingerprint density at radius 2 is 2.11 bits per heavy atom. The highest BCUT2D eigenvalue weighted by molar-refractivity contribution is 14.1. The van der Waals surface area contributed by atoms with Gasteiger partial charge in [0.25, 0.3) is 0 Å². The minimum Gasteiger partial charge on any atom is -0.230 e. The predicted octanol–water partition coefficient (Wildman–Crippen LogP) is 2.39. The Labute approximate surface area is 75.7 Å². The van der Waals surface area contributed by atoms with Gasteiger partial charge in [-0.3, -0.25) is 0 Å². The molecule has 5 heteroatoms. The van der Waals surface area contributed by atoms with Crippen LogP contribution in [0.1, 0.15) is 0 Å². The van der Waals surface area contributed by atoms with Gasteiger partial charge in [0.05, 0.1) is 11.2 Å².